The highest BCUT2D eigenvalue weighted by Crippen LogP contribution is 2.27. The highest BCUT2D eigenvalue weighted by Gasteiger charge is 2.06. The molecule has 0 aliphatic rings. The van der Waals surface area contributed by atoms with Crippen molar-refractivity contribution in [1.29, 1.82) is 0 Å². The number of aromatic nitrogens is 2. The van der Waals surface area contributed by atoms with Gasteiger partial charge in [-0.3, -0.25) is 0 Å². The summed E-state index contributed by atoms with van der Waals surface area (Å²) in [4.78, 5) is 0. The summed E-state index contributed by atoms with van der Waals surface area (Å²) in [6, 6.07) is 7.19. The number of hydrogen-bond acceptors (Lipinski definition) is 1. The van der Waals surface area contributed by atoms with Crippen LogP contribution >= 0.6 is 23.2 Å². The molecule has 2 nitrogen and oxygen atoms in total. The molecule has 0 saturated heterocycles. The third kappa shape index (κ3) is 1.55. The summed E-state index contributed by atoms with van der Waals surface area (Å²) >= 11 is 12.0. The number of para-hydroxylation sites is 1. The van der Waals surface area contributed by atoms with E-state index in [1.54, 1.807) is 35.3 Å². The predicted molar refractivity (Wildman–Crippen MR) is 53.6 cm³/mol. The average molecular weight is 213 g/mol. The lowest BCUT2D eigenvalue weighted by molar-refractivity contribution is 0.881. The molecular weight excluding hydrogens is 207 g/mol. The molecule has 66 valence electrons. The van der Waals surface area contributed by atoms with E-state index in [2.05, 4.69) is 5.10 Å². The quantitative estimate of drug-likeness (QED) is 0.711. The first-order valence-electron chi connectivity index (χ1n) is 3.73. The Hall–Kier alpha value is -0.990. The molecule has 2 rings (SSSR count). The molecule has 0 fully saturated rings. The van der Waals surface area contributed by atoms with Gasteiger partial charge in [0.2, 0.25) is 0 Å². The van der Waals surface area contributed by atoms with Gasteiger partial charge in [-0.2, -0.15) is 5.10 Å². The Bertz CT molecular complexity index is 389. The van der Waals surface area contributed by atoms with Crippen LogP contribution in [0.4, 0.5) is 0 Å². The van der Waals surface area contributed by atoms with Gasteiger partial charge in [0.05, 0.1) is 10.0 Å². The van der Waals surface area contributed by atoms with Gasteiger partial charge in [-0.15, -0.1) is 0 Å². The molecule has 1 heterocycles. The Kier molecular flexibility index (Phi) is 2.25. The molecular formula is C9H6Cl2N2. The van der Waals surface area contributed by atoms with Crippen LogP contribution < -0.4 is 0 Å². The maximum absolute atomic E-state index is 5.98. The molecule has 4 heteroatoms. The van der Waals surface area contributed by atoms with Crippen LogP contribution in [0, 0.1) is 0 Å². The molecule has 0 atom stereocenters. The molecule has 0 aliphatic heterocycles. The summed E-state index contributed by atoms with van der Waals surface area (Å²) in [6.45, 7) is 0. The highest BCUT2D eigenvalue weighted by atomic mass is 35.5. The lowest BCUT2D eigenvalue weighted by Crippen LogP contribution is -1.95. The molecule has 0 bridgehead atoms. The summed E-state index contributed by atoms with van der Waals surface area (Å²) < 4.78 is 1.64. The van der Waals surface area contributed by atoms with Crippen LogP contribution in [0.15, 0.2) is 36.7 Å². The average Bonchev–Trinajstić information content (AvgIpc) is 2.57. The van der Waals surface area contributed by atoms with E-state index >= 15 is 0 Å². The Morgan fingerprint density at radius 3 is 2.31 bits per heavy atom. The van der Waals surface area contributed by atoms with Gasteiger partial charge in [0.15, 0.2) is 0 Å². The molecule has 0 radical (unpaired) electrons. The summed E-state index contributed by atoms with van der Waals surface area (Å²) in [5, 5.41) is 5.24. The summed E-state index contributed by atoms with van der Waals surface area (Å²) in [7, 11) is 0. The molecule has 0 aliphatic carbocycles. The first-order valence-corrected chi connectivity index (χ1v) is 4.48. The molecule has 0 amide bonds. The number of rotatable bonds is 1. The first-order chi connectivity index (χ1) is 6.29. The van der Waals surface area contributed by atoms with Gasteiger partial charge < -0.3 is 0 Å². The van der Waals surface area contributed by atoms with Crippen molar-refractivity contribution in [3.63, 3.8) is 0 Å². The summed E-state index contributed by atoms with van der Waals surface area (Å²) in [6.07, 6.45) is 3.48. The fourth-order valence-electron chi connectivity index (χ4n) is 1.11. The van der Waals surface area contributed by atoms with Gasteiger partial charge in [-0.1, -0.05) is 29.3 Å². The Labute approximate surface area is 85.7 Å². The third-order valence-electron chi connectivity index (χ3n) is 1.67. The van der Waals surface area contributed by atoms with Gasteiger partial charge in [-0.05, 0) is 18.2 Å². The molecule has 13 heavy (non-hydrogen) atoms. The predicted octanol–water partition coefficient (Wildman–Crippen LogP) is 3.18. The zero-order chi connectivity index (χ0) is 9.26. The number of benzene rings is 1. The second kappa shape index (κ2) is 3.40. The third-order valence-corrected chi connectivity index (χ3v) is 2.28. The van der Waals surface area contributed by atoms with Crippen molar-refractivity contribution in [2.45, 2.75) is 0 Å². The molecule has 1 aromatic carbocycles. The van der Waals surface area contributed by atoms with E-state index in [-0.39, 0.29) is 0 Å². The van der Waals surface area contributed by atoms with Gasteiger partial charge in [0, 0.05) is 12.4 Å². The van der Waals surface area contributed by atoms with Crippen LogP contribution in [0.2, 0.25) is 10.0 Å². The van der Waals surface area contributed by atoms with Gasteiger partial charge in [0.1, 0.15) is 5.69 Å². The normalized spacial score (nSPS) is 10.3. The monoisotopic (exact) mass is 212 g/mol. The van der Waals surface area contributed by atoms with Crippen molar-refractivity contribution in [3.8, 4) is 5.69 Å². The molecule has 0 saturated carbocycles. The van der Waals surface area contributed by atoms with E-state index < -0.39 is 0 Å². The van der Waals surface area contributed by atoms with Crippen LogP contribution in [0.25, 0.3) is 5.69 Å². The van der Waals surface area contributed by atoms with Crippen molar-refractivity contribution in [3.05, 3.63) is 46.7 Å². The van der Waals surface area contributed by atoms with Crippen LogP contribution in [0.3, 0.4) is 0 Å². The molecule has 0 spiro atoms. The van der Waals surface area contributed by atoms with E-state index in [4.69, 9.17) is 23.2 Å². The summed E-state index contributed by atoms with van der Waals surface area (Å²) in [5.41, 5.74) is 0.718. The Morgan fingerprint density at radius 2 is 1.77 bits per heavy atom. The first kappa shape index (κ1) is 8.60. The van der Waals surface area contributed by atoms with E-state index in [0.717, 1.165) is 5.69 Å². The lowest BCUT2D eigenvalue weighted by Gasteiger charge is -2.05. The highest BCUT2D eigenvalue weighted by molar-refractivity contribution is 6.37. The minimum Gasteiger partial charge on any atom is -0.238 e. The van der Waals surface area contributed by atoms with E-state index in [1.807, 2.05) is 6.07 Å². The standard InChI is InChI=1S/C9H6Cl2N2/c10-7-3-1-4-8(11)9(7)13-6-2-5-12-13/h1-6H. The fourth-order valence-corrected chi connectivity index (χ4v) is 1.68. The zero-order valence-electron chi connectivity index (χ0n) is 6.61. The Balaban J connectivity index is 2.64. The zero-order valence-corrected chi connectivity index (χ0v) is 8.13. The van der Waals surface area contributed by atoms with Crippen molar-refractivity contribution >= 4 is 23.2 Å². The number of hydrogen-bond donors (Lipinski definition) is 0. The molecule has 0 N–H and O–H groups in total. The minimum atomic E-state index is 0.594. The van der Waals surface area contributed by atoms with Gasteiger partial charge in [-0.25, -0.2) is 4.68 Å². The van der Waals surface area contributed by atoms with Crippen LogP contribution in [0.1, 0.15) is 0 Å². The maximum Gasteiger partial charge on any atom is 0.102 e. The summed E-state index contributed by atoms with van der Waals surface area (Å²) in [5.74, 6) is 0. The van der Waals surface area contributed by atoms with Gasteiger partial charge >= 0.3 is 0 Å². The minimum absolute atomic E-state index is 0.594. The van der Waals surface area contributed by atoms with Crippen LogP contribution in [-0.4, -0.2) is 9.78 Å². The number of halogens is 2. The SMILES string of the molecule is Clc1cccc(Cl)c1-n1cccn1. The maximum atomic E-state index is 5.98. The van der Waals surface area contributed by atoms with E-state index in [0.29, 0.717) is 10.0 Å². The largest absolute Gasteiger partial charge is 0.238 e. The van der Waals surface area contributed by atoms with Crippen LogP contribution in [-0.2, 0) is 0 Å². The van der Waals surface area contributed by atoms with Crippen molar-refractivity contribution in [2.75, 3.05) is 0 Å². The van der Waals surface area contributed by atoms with E-state index in [1.165, 1.54) is 0 Å². The van der Waals surface area contributed by atoms with Crippen molar-refractivity contribution < 1.29 is 0 Å². The Morgan fingerprint density at radius 1 is 1.08 bits per heavy atom. The number of nitrogens with zero attached hydrogens (tertiary/aromatic N) is 2. The molecule has 2 aromatic rings. The van der Waals surface area contributed by atoms with Crippen molar-refractivity contribution in [2.24, 2.45) is 0 Å². The van der Waals surface area contributed by atoms with E-state index in [9.17, 15) is 0 Å². The fraction of sp³-hybridized carbons (Fsp3) is 0. The smallest absolute Gasteiger partial charge is 0.102 e. The second-order valence-corrected chi connectivity index (χ2v) is 3.34. The van der Waals surface area contributed by atoms with Crippen molar-refractivity contribution in [1.82, 2.24) is 9.78 Å². The lowest BCUT2D eigenvalue weighted by atomic mass is 10.3. The van der Waals surface area contributed by atoms with Gasteiger partial charge in [0.25, 0.3) is 0 Å². The molecule has 0 unspecified atom stereocenters. The topological polar surface area (TPSA) is 17.8 Å². The second-order valence-electron chi connectivity index (χ2n) is 2.52. The van der Waals surface area contributed by atoms with Crippen LogP contribution in [0.5, 0.6) is 0 Å². The molecule has 1 aromatic heterocycles.